The van der Waals surface area contributed by atoms with E-state index in [4.69, 9.17) is 14.2 Å². The summed E-state index contributed by atoms with van der Waals surface area (Å²) in [5, 5.41) is 0. The smallest absolute Gasteiger partial charge is 0.254 e. The minimum Gasteiger partial charge on any atom is -0.493 e. The molecule has 0 aromatic heterocycles. The second kappa shape index (κ2) is 13.8. The molecule has 0 N–H and O–H groups in total. The van der Waals surface area contributed by atoms with Gasteiger partial charge in [-0.15, -0.1) is 0 Å². The van der Waals surface area contributed by atoms with Crippen LogP contribution in [0.2, 0.25) is 0 Å². The third kappa shape index (κ3) is 7.30. The lowest BCUT2D eigenvalue weighted by atomic mass is 10.1. The Labute approximate surface area is 234 Å². The van der Waals surface area contributed by atoms with Crippen LogP contribution in [0.4, 0.5) is 4.39 Å². The summed E-state index contributed by atoms with van der Waals surface area (Å²) in [7, 11) is 4.57. The Morgan fingerprint density at radius 3 is 2.02 bits per heavy atom. The first-order valence-corrected chi connectivity index (χ1v) is 13.3. The summed E-state index contributed by atoms with van der Waals surface area (Å²) >= 11 is 0. The number of methoxy groups -OCH3 is 3. The average molecular weight is 550 g/mol. The third-order valence-corrected chi connectivity index (χ3v) is 7.09. The SMILES string of the molecule is COc1cc(C(=O)N2CCN(CCN(Cc3ccc(F)cc3)C(=O)Cc3ccccc3)CC2)cc(OC)c1OC. The second-order valence-corrected chi connectivity index (χ2v) is 9.65. The Morgan fingerprint density at radius 2 is 1.45 bits per heavy atom. The molecule has 3 aromatic rings. The zero-order valence-corrected chi connectivity index (χ0v) is 23.3. The van der Waals surface area contributed by atoms with Crippen LogP contribution < -0.4 is 14.2 Å². The molecule has 0 saturated carbocycles. The first-order chi connectivity index (χ1) is 19.4. The van der Waals surface area contributed by atoms with E-state index in [1.807, 2.05) is 40.1 Å². The van der Waals surface area contributed by atoms with Crippen molar-refractivity contribution in [3.63, 3.8) is 0 Å². The van der Waals surface area contributed by atoms with E-state index in [1.165, 1.54) is 33.5 Å². The number of piperazine rings is 1. The van der Waals surface area contributed by atoms with Gasteiger partial charge in [-0.3, -0.25) is 14.5 Å². The standard InChI is InChI=1S/C31H36FN3O5/c1-38-27-20-25(21-28(39-2)30(27)40-3)31(37)34-16-13-33(14-17-34)15-18-35(22-24-9-11-26(32)12-10-24)29(36)19-23-7-5-4-6-8-23/h4-12,20-21H,13-19,22H2,1-3H3. The highest BCUT2D eigenvalue weighted by atomic mass is 19.1. The van der Waals surface area contributed by atoms with Crippen LogP contribution in [0.3, 0.4) is 0 Å². The molecule has 8 nitrogen and oxygen atoms in total. The number of amides is 2. The molecular weight excluding hydrogens is 513 g/mol. The topological polar surface area (TPSA) is 71.6 Å². The van der Waals surface area contributed by atoms with Crippen LogP contribution >= 0.6 is 0 Å². The summed E-state index contributed by atoms with van der Waals surface area (Å²) in [4.78, 5) is 32.4. The number of ether oxygens (including phenoxy) is 3. The van der Waals surface area contributed by atoms with Gasteiger partial charge in [0.25, 0.3) is 5.91 Å². The van der Waals surface area contributed by atoms with Crippen LogP contribution in [0, 0.1) is 5.82 Å². The largest absolute Gasteiger partial charge is 0.493 e. The van der Waals surface area contributed by atoms with Crippen molar-refractivity contribution in [2.24, 2.45) is 0 Å². The summed E-state index contributed by atoms with van der Waals surface area (Å²) in [6.07, 6.45) is 0.305. The maximum absolute atomic E-state index is 13.4. The maximum atomic E-state index is 13.4. The molecule has 0 spiro atoms. The lowest BCUT2D eigenvalue weighted by Crippen LogP contribution is -2.50. The molecule has 212 valence electrons. The number of hydrogen-bond acceptors (Lipinski definition) is 6. The van der Waals surface area contributed by atoms with E-state index in [0.717, 1.165) is 11.1 Å². The summed E-state index contributed by atoms with van der Waals surface area (Å²) in [5.41, 5.74) is 2.30. The van der Waals surface area contributed by atoms with Crippen molar-refractivity contribution in [3.05, 3.63) is 89.2 Å². The first-order valence-electron chi connectivity index (χ1n) is 13.3. The van der Waals surface area contributed by atoms with Crippen LogP contribution in [0.25, 0.3) is 0 Å². The van der Waals surface area contributed by atoms with E-state index in [9.17, 15) is 14.0 Å². The molecular formula is C31H36FN3O5. The first kappa shape index (κ1) is 28.9. The highest BCUT2D eigenvalue weighted by Gasteiger charge is 2.25. The van der Waals surface area contributed by atoms with E-state index < -0.39 is 0 Å². The van der Waals surface area contributed by atoms with Gasteiger partial charge in [0.2, 0.25) is 11.7 Å². The molecule has 1 aliphatic rings. The molecule has 1 fully saturated rings. The summed E-state index contributed by atoms with van der Waals surface area (Å²) in [5.74, 6) is 0.931. The van der Waals surface area contributed by atoms with Crippen LogP contribution in [0.1, 0.15) is 21.5 Å². The fourth-order valence-electron chi connectivity index (χ4n) is 4.81. The Morgan fingerprint density at radius 1 is 0.825 bits per heavy atom. The van der Waals surface area contributed by atoms with Gasteiger partial charge in [-0.05, 0) is 35.4 Å². The van der Waals surface area contributed by atoms with Crippen molar-refractivity contribution in [2.45, 2.75) is 13.0 Å². The number of carbonyl (C=O) groups is 2. The van der Waals surface area contributed by atoms with Crippen LogP contribution in [0.5, 0.6) is 17.2 Å². The molecule has 4 rings (SSSR count). The molecule has 3 aromatic carbocycles. The van der Waals surface area contributed by atoms with Crippen molar-refractivity contribution >= 4 is 11.8 Å². The van der Waals surface area contributed by atoms with Gasteiger partial charge in [0.15, 0.2) is 11.5 Å². The van der Waals surface area contributed by atoms with Gasteiger partial charge in [0, 0.05) is 51.4 Å². The molecule has 0 bridgehead atoms. The lowest BCUT2D eigenvalue weighted by molar-refractivity contribution is -0.131. The lowest BCUT2D eigenvalue weighted by Gasteiger charge is -2.36. The summed E-state index contributed by atoms with van der Waals surface area (Å²) in [6, 6.07) is 19.3. The van der Waals surface area contributed by atoms with Crippen molar-refractivity contribution in [3.8, 4) is 17.2 Å². The van der Waals surface area contributed by atoms with E-state index in [1.54, 1.807) is 24.3 Å². The fraction of sp³-hybridized carbons (Fsp3) is 0.355. The summed E-state index contributed by atoms with van der Waals surface area (Å²) in [6.45, 7) is 4.11. The molecule has 1 saturated heterocycles. The number of rotatable bonds is 11. The van der Waals surface area contributed by atoms with E-state index in [2.05, 4.69) is 4.90 Å². The molecule has 2 amide bonds. The van der Waals surface area contributed by atoms with Crippen LogP contribution in [-0.2, 0) is 17.8 Å². The number of benzene rings is 3. The van der Waals surface area contributed by atoms with Gasteiger partial charge in [0.1, 0.15) is 5.82 Å². The van der Waals surface area contributed by atoms with E-state index in [-0.39, 0.29) is 17.6 Å². The molecule has 0 atom stereocenters. The number of carbonyl (C=O) groups excluding carboxylic acids is 2. The van der Waals surface area contributed by atoms with Gasteiger partial charge in [-0.1, -0.05) is 42.5 Å². The van der Waals surface area contributed by atoms with Gasteiger partial charge < -0.3 is 24.0 Å². The minimum atomic E-state index is -0.301. The normalized spacial score (nSPS) is 13.6. The number of halogens is 1. The van der Waals surface area contributed by atoms with Crippen molar-refractivity contribution in [2.75, 3.05) is 60.6 Å². The number of nitrogens with zero attached hydrogens (tertiary/aromatic N) is 3. The fourth-order valence-corrected chi connectivity index (χ4v) is 4.81. The predicted octanol–water partition coefficient (Wildman–Crippen LogP) is 3.88. The second-order valence-electron chi connectivity index (χ2n) is 9.65. The Bertz CT molecular complexity index is 1250. The highest BCUT2D eigenvalue weighted by Crippen LogP contribution is 2.38. The Balaban J connectivity index is 1.37. The van der Waals surface area contributed by atoms with Crippen LogP contribution in [0.15, 0.2) is 66.7 Å². The monoisotopic (exact) mass is 549 g/mol. The Hall–Kier alpha value is -4.11. The Kier molecular flexibility index (Phi) is 9.96. The zero-order chi connectivity index (χ0) is 28.5. The number of hydrogen-bond donors (Lipinski definition) is 0. The van der Waals surface area contributed by atoms with Crippen molar-refractivity contribution in [1.29, 1.82) is 0 Å². The molecule has 9 heteroatoms. The molecule has 1 aliphatic heterocycles. The quantitative estimate of drug-likeness (QED) is 0.362. The van der Waals surface area contributed by atoms with Crippen molar-refractivity contribution in [1.82, 2.24) is 14.7 Å². The van der Waals surface area contributed by atoms with Gasteiger partial charge in [-0.25, -0.2) is 4.39 Å². The third-order valence-electron chi connectivity index (χ3n) is 7.09. The van der Waals surface area contributed by atoms with Gasteiger partial charge >= 0.3 is 0 Å². The van der Waals surface area contributed by atoms with Crippen LogP contribution in [-0.4, -0.2) is 87.1 Å². The molecule has 40 heavy (non-hydrogen) atoms. The maximum Gasteiger partial charge on any atom is 0.254 e. The van der Waals surface area contributed by atoms with E-state index in [0.29, 0.717) is 75.0 Å². The predicted molar refractivity (Wildman–Crippen MR) is 150 cm³/mol. The highest BCUT2D eigenvalue weighted by molar-refractivity contribution is 5.95. The molecule has 0 radical (unpaired) electrons. The average Bonchev–Trinajstić information content (AvgIpc) is 2.99. The van der Waals surface area contributed by atoms with Gasteiger partial charge in [-0.2, -0.15) is 0 Å². The van der Waals surface area contributed by atoms with E-state index >= 15 is 0 Å². The summed E-state index contributed by atoms with van der Waals surface area (Å²) < 4.78 is 29.6. The minimum absolute atomic E-state index is 0.0201. The zero-order valence-electron chi connectivity index (χ0n) is 23.3. The molecule has 0 aliphatic carbocycles. The molecule has 1 heterocycles. The van der Waals surface area contributed by atoms with Gasteiger partial charge in [0.05, 0.1) is 27.8 Å². The van der Waals surface area contributed by atoms with Crippen molar-refractivity contribution < 1.29 is 28.2 Å². The molecule has 0 unspecified atom stereocenters.